The number of piperidine rings is 1. The minimum atomic E-state index is -3.48. The molecule has 1 aliphatic rings. The Balaban J connectivity index is 1.97. The van der Waals surface area contributed by atoms with E-state index in [1.165, 1.54) is 0 Å². The quantitative estimate of drug-likeness (QED) is 0.872. The molecule has 1 aromatic heterocycles. The summed E-state index contributed by atoms with van der Waals surface area (Å²) in [6.45, 7) is 2.49. The average molecular weight is 305 g/mol. The molecule has 112 valence electrons. The molecule has 1 aromatic carbocycles. The molecule has 4 nitrogen and oxygen atoms in total. The largest absolute Gasteiger partial charge is 0.468 e. The van der Waals surface area contributed by atoms with Gasteiger partial charge in [0.25, 0.3) is 0 Å². The summed E-state index contributed by atoms with van der Waals surface area (Å²) in [4.78, 5) is 0.353. The third-order valence-electron chi connectivity index (χ3n) is 3.95. The van der Waals surface area contributed by atoms with Crippen LogP contribution in [0.1, 0.15) is 36.6 Å². The summed E-state index contributed by atoms with van der Waals surface area (Å²) in [5.41, 5.74) is 1.05. The molecule has 0 aliphatic carbocycles. The van der Waals surface area contributed by atoms with Crippen LogP contribution in [0.5, 0.6) is 0 Å². The molecule has 0 unspecified atom stereocenters. The van der Waals surface area contributed by atoms with E-state index in [0.717, 1.165) is 30.6 Å². The molecule has 1 atom stereocenters. The van der Waals surface area contributed by atoms with Gasteiger partial charge in [-0.05, 0) is 44.0 Å². The fraction of sp³-hybridized carbons (Fsp3) is 0.375. The third-order valence-corrected chi connectivity index (χ3v) is 5.88. The first-order valence-corrected chi connectivity index (χ1v) is 8.65. The Morgan fingerprint density at radius 2 is 1.90 bits per heavy atom. The Morgan fingerprint density at radius 3 is 2.57 bits per heavy atom. The van der Waals surface area contributed by atoms with Gasteiger partial charge in [0.1, 0.15) is 5.76 Å². The van der Waals surface area contributed by atoms with E-state index in [9.17, 15) is 8.42 Å². The fourth-order valence-corrected chi connectivity index (χ4v) is 4.47. The first kappa shape index (κ1) is 14.4. The zero-order valence-corrected chi connectivity index (χ0v) is 12.8. The Bertz CT molecular complexity index is 690. The van der Waals surface area contributed by atoms with Gasteiger partial charge in [0, 0.05) is 6.54 Å². The van der Waals surface area contributed by atoms with Crippen LogP contribution in [0.15, 0.2) is 52.0 Å². The molecule has 0 N–H and O–H groups in total. The van der Waals surface area contributed by atoms with E-state index in [0.29, 0.717) is 11.4 Å². The van der Waals surface area contributed by atoms with Crippen LogP contribution in [-0.4, -0.2) is 19.3 Å². The highest BCUT2D eigenvalue weighted by molar-refractivity contribution is 7.89. The predicted octanol–water partition coefficient (Wildman–Crippen LogP) is 3.50. The molecule has 2 aromatic rings. The molecule has 1 fully saturated rings. The molecule has 0 spiro atoms. The molecule has 0 saturated carbocycles. The molecule has 3 rings (SSSR count). The van der Waals surface area contributed by atoms with E-state index in [2.05, 4.69) is 0 Å². The zero-order valence-electron chi connectivity index (χ0n) is 12.0. The number of furan rings is 1. The van der Waals surface area contributed by atoms with Crippen LogP contribution in [0, 0.1) is 6.92 Å². The van der Waals surface area contributed by atoms with Gasteiger partial charge in [0.05, 0.1) is 17.2 Å². The first-order chi connectivity index (χ1) is 10.1. The summed E-state index contributed by atoms with van der Waals surface area (Å²) in [7, 11) is -3.48. The molecule has 0 amide bonds. The van der Waals surface area contributed by atoms with Gasteiger partial charge >= 0.3 is 0 Å². The van der Waals surface area contributed by atoms with Crippen molar-refractivity contribution in [2.75, 3.05) is 6.54 Å². The number of benzene rings is 1. The lowest BCUT2D eigenvalue weighted by Gasteiger charge is -2.33. The molecule has 0 radical (unpaired) electrons. The molecule has 2 heterocycles. The van der Waals surface area contributed by atoms with Crippen molar-refractivity contribution in [3.05, 3.63) is 54.0 Å². The summed E-state index contributed by atoms with van der Waals surface area (Å²) in [5, 5.41) is 0. The molecule has 1 aliphatic heterocycles. The van der Waals surface area contributed by atoms with E-state index in [1.54, 1.807) is 28.8 Å². The van der Waals surface area contributed by atoms with Crippen LogP contribution in [-0.2, 0) is 10.0 Å². The fourth-order valence-electron chi connectivity index (χ4n) is 2.80. The third kappa shape index (κ3) is 2.76. The van der Waals surface area contributed by atoms with Crippen molar-refractivity contribution >= 4 is 10.0 Å². The van der Waals surface area contributed by atoms with Crippen LogP contribution in [0.3, 0.4) is 0 Å². The summed E-state index contributed by atoms with van der Waals surface area (Å²) in [6, 6.07) is 10.5. The monoisotopic (exact) mass is 305 g/mol. The lowest BCUT2D eigenvalue weighted by molar-refractivity contribution is 0.225. The van der Waals surface area contributed by atoms with E-state index >= 15 is 0 Å². The van der Waals surface area contributed by atoms with Crippen molar-refractivity contribution in [1.29, 1.82) is 0 Å². The van der Waals surface area contributed by atoms with Gasteiger partial charge in [-0.1, -0.05) is 24.1 Å². The average Bonchev–Trinajstić information content (AvgIpc) is 3.02. The SMILES string of the molecule is Cc1ccc(S(=O)(=O)N2CCCC[C@@H]2c2ccco2)cc1. The Morgan fingerprint density at radius 1 is 1.14 bits per heavy atom. The maximum Gasteiger partial charge on any atom is 0.243 e. The zero-order chi connectivity index (χ0) is 14.9. The van der Waals surface area contributed by atoms with Crippen LogP contribution >= 0.6 is 0 Å². The van der Waals surface area contributed by atoms with Gasteiger partial charge in [-0.25, -0.2) is 8.42 Å². The summed E-state index contributed by atoms with van der Waals surface area (Å²) in [6.07, 6.45) is 4.31. The van der Waals surface area contributed by atoms with Gasteiger partial charge < -0.3 is 4.42 Å². The van der Waals surface area contributed by atoms with Crippen molar-refractivity contribution in [3.63, 3.8) is 0 Å². The molecule has 5 heteroatoms. The van der Waals surface area contributed by atoms with E-state index in [1.807, 2.05) is 25.1 Å². The van der Waals surface area contributed by atoms with Gasteiger partial charge in [-0.2, -0.15) is 4.31 Å². The van der Waals surface area contributed by atoms with Crippen LogP contribution in [0.25, 0.3) is 0 Å². The summed E-state index contributed by atoms with van der Waals surface area (Å²) >= 11 is 0. The van der Waals surface area contributed by atoms with Gasteiger partial charge in [-0.15, -0.1) is 0 Å². The molecular weight excluding hydrogens is 286 g/mol. The number of hydrogen-bond donors (Lipinski definition) is 0. The second-order valence-corrected chi connectivity index (χ2v) is 7.35. The number of rotatable bonds is 3. The molecular formula is C16H19NO3S. The smallest absolute Gasteiger partial charge is 0.243 e. The molecule has 0 bridgehead atoms. The molecule has 1 saturated heterocycles. The lowest BCUT2D eigenvalue weighted by Crippen LogP contribution is -2.38. The normalized spacial score (nSPS) is 20.5. The highest BCUT2D eigenvalue weighted by Gasteiger charge is 2.35. The predicted molar refractivity (Wildman–Crippen MR) is 80.4 cm³/mol. The topological polar surface area (TPSA) is 50.5 Å². The Labute approximate surface area is 125 Å². The van der Waals surface area contributed by atoms with Crippen LogP contribution < -0.4 is 0 Å². The van der Waals surface area contributed by atoms with Crippen molar-refractivity contribution in [3.8, 4) is 0 Å². The number of nitrogens with zero attached hydrogens (tertiary/aromatic N) is 1. The van der Waals surface area contributed by atoms with E-state index in [-0.39, 0.29) is 6.04 Å². The lowest BCUT2D eigenvalue weighted by atomic mass is 10.0. The molecule has 21 heavy (non-hydrogen) atoms. The van der Waals surface area contributed by atoms with Crippen molar-refractivity contribution in [2.45, 2.75) is 37.1 Å². The van der Waals surface area contributed by atoms with Crippen molar-refractivity contribution in [2.24, 2.45) is 0 Å². The Hall–Kier alpha value is -1.59. The van der Waals surface area contributed by atoms with Crippen LogP contribution in [0.4, 0.5) is 0 Å². The standard InChI is InChI=1S/C16H19NO3S/c1-13-7-9-14(10-8-13)21(18,19)17-11-3-2-5-15(17)16-6-4-12-20-16/h4,6-10,12,15H,2-3,5,11H2,1H3/t15-/m1/s1. The second kappa shape index (κ2) is 5.66. The summed E-state index contributed by atoms with van der Waals surface area (Å²) in [5.74, 6) is 0.727. The maximum atomic E-state index is 12.9. The van der Waals surface area contributed by atoms with Crippen molar-refractivity contribution < 1.29 is 12.8 Å². The van der Waals surface area contributed by atoms with Gasteiger partial charge in [0.15, 0.2) is 0 Å². The highest BCUT2D eigenvalue weighted by atomic mass is 32.2. The maximum absolute atomic E-state index is 12.9. The highest BCUT2D eigenvalue weighted by Crippen LogP contribution is 2.35. The number of sulfonamides is 1. The summed E-state index contributed by atoms with van der Waals surface area (Å²) < 4.78 is 32.8. The van der Waals surface area contributed by atoms with Gasteiger partial charge in [0.2, 0.25) is 10.0 Å². The van der Waals surface area contributed by atoms with E-state index < -0.39 is 10.0 Å². The minimum absolute atomic E-state index is 0.194. The minimum Gasteiger partial charge on any atom is -0.468 e. The second-order valence-electron chi connectivity index (χ2n) is 5.46. The first-order valence-electron chi connectivity index (χ1n) is 7.21. The Kier molecular flexibility index (Phi) is 3.87. The van der Waals surface area contributed by atoms with Crippen LogP contribution in [0.2, 0.25) is 0 Å². The van der Waals surface area contributed by atoms with Gasteiger partial charge in [-0.3, -0.25) is 0 Å². The van der Waals surface area contributed by atoms with E-state index in [4.69, 9.17) is 4.42 Å². The number of aryl methyl sites for hydroxylation is 1. The van der Waals surface area contributed by atoms with Crippen molar-refractivity contribution in [1.82, 2.24) is 4.31 Å². The number of hydrogen-bond acceptors (Lipinski definition) is 3.